The quantitative estimate of drug-likeness (QED) is 0.282. The maximum atomic E-state index is 12.8. The Labute approximate surface area is 235 Å². The SMILES string of the molecule is CC(C)(C)OC(=O)NCCCOCC(C)(O)c1ncc([S-](=O)=NC(=O)Nc2c3c(cc4c2CCC4)CCC3)s1. The maximum absolute atomic E-state index is 12.8. The molecule has 2 aliphatic carbocycles. The third-order valence-corrected chi connectivity index (χ3v) is 9.01. The smallest absolute Gasteiger partial charge is 0.407 e. The third kappa shape index (κ3) is 7.77. The Hall–Kier alpha value is -2.54. The number of hydrogen-bond donors (Lipinski definition) is 3. The van der Waals surface area contributed by atoms with Crippen LogP contribution in [0.4, 0.5) is 15.3 Å². The summed E-state index contributed by atoms with van der Waals surface area (Å²) in [7, 11) is -1.95. The van der Waals surface area contributed by atoms with Crippen molar-refractivity contribution in [2.45, 2.75) is 88.1 Å². The van der Waals surface area contributed by atoms with Gasteiger partial charge in [0.05, 0.1) is 6.61 Å². The second kappa shape index (κ2) is 12.3. The molecule has 1 unspecified atom stereocenters. The van der Waals surface area contributed by atoms with Crippen LogP contribution in [0.2, 0.25) is 0 Å². The number of ether oxygens (including phenoxy) is 2. The lowest BCUT2D eigenvalue weighted by atomic mass is 9.99. The van der Waals surface area contributed by atoms with E-state index < -0.39 is 33.9 Å². The van der Waals surface area contributed by atoms with Crippen LogP contribution in [0.1, 0.15) is 74.2 Å². The fourth-order valence-corrected chi connectivity index (χ4v) is 6.56. The minimum Gasteiger partial charge on any atom is -0.444 e. The Kier molecular flexibility index (Phi) is 9.30. The summed E-state index contributed by atoms with van der Waals surface area (Å²) in [5, 5.41) is 16.7. The lowest BCUT2D eigenvalue weighted by Gasteiger charge is -2.21. The fourth-order valence-electron chi connectivity index (χ4n) is 4.82. The maximum Gasteiger partial charge on any atom is 0.407 e. The second-order valence-corrected chi connectivity index (χ2v) is 13.5. The van der Waals surface area contributed by atoms with Crippen molar-refractivity contribution in [2.75, 3.05) is 25.1 Å². The molecular formula is C27H37N4O6S2-. The van der Waals surface area contributed by atoms with Gasteiger partial charge in [-0.1, -0.05) is 6.07 Å². The zero-order chi connectivity index (χ0) is 28.2. The molecule has 0 radical (unpaired) electrons. The van der Waals surface area contributed by atoms with Gasteiger partial charge in [0.25, 0.3) is 0 Å². The number of nitrogens with zero attached hydrogens (tertiary/aromatic N) is 2. The molecule has 2 aliphatic rings. The van der Waals surface area contributed by atoms with Gasteiger partial charge in [0.1, 0.15) is 16.2 Å². The highest BCUT2D eigenvalue weighted by molar-refractivity contribution is 7.78. The van der Waals surface area contributed by atoms with E-state index in [1.165, 1.54) is 28.5 Å². The van der Waals surface area contributed by atoms with Crippen molar-refractivity contribution in [3.63, 3.8) is 0 Å². The number of thiazole rings is 1. The van der Waals surface area contributed by atoms with E-state index in [1.807, 2.05) is 0 Å². The van der Waals surface area contributed by atoms with Gasteiger partial charge in [0, 0.05) is 25.0 Å². The number of urea groups is 1. The van der Waals surface area contributed by atoms with Crippen LogP contribution in [-0.4, -0.2) is 47.6 Å². The van der Waals surface area contributed by atoms with Crippen molar-refractivity contribution in [2.24, 2.45) is 4.36 Å². The molecule has 0 saturated carbocycles. The fraction of sp³-hybridized carbons (Fsp3) is 0.593. The summed E-state index contributed by atoms with van der Waals surface area (Å²) < 4.78 is 27.7. The number of carbonyl (C=O) groups excluding carboxylic acids is 2. The molecule has 0 aliphatic heterocycles. The zero-order valence-corrected chi connectivity index (χ0v) is 24.6. The summed E-state index contributed by atoms with van der Waals surface area (Å²) in [6, 6.07) is 1.64. The first kappa shape index (κ1) is 29.4. The third-order valence-electron chi connectivity index (χ3n) is 6.50. The first-order valence-electron chi connectivity index (χ1n) is 13.3. The molecule has 39 heavy (non-hydrogen) atoms. The Bertz CT molecular complexity index is 1280. The molecule has 1 heterocycles. The summed E-state index contributed by atoms with van der Waals surface area (Å²) in [6.07, 6.45) is 7.44. The van der Waals surface area contributed by atoms with E-state index in [4.69, 9.17) is 9.47 Å². The van der Waals surface area contributed by atoms with Gasteiger partial charge in [-0.2, -0.15) is 0 Å². The van der Waals surface area contributed by atoms with Gasteiger partial charge in [-0.25, -0.2) is 14.6 Å². The van der Waals surface area contributed by atoms with Crippen LogP contribution in [0.3, 0.4) is 0 Å². The first-order valence-corrected chi connectivity index (χ1v) is 15.2. The van der Waals surface area contributed by atoms with Crippen LogP contribution in [0, 0.1) is 0 Å². The van der Waals surface area contributed by atoms with Crippen molar-refractivity contribution < 1.29 is 28.4 Å². The molecule has 0 spiro atoms. The number of aryl methyl sites for hydroxylation is 2. The van der Waals surface area contributed by atoms with E-state index in [0.29, 0.717) is 24.6 Å². The van der Waals surface area contributed by atoms with E-state index in [1.54, 1.807) is 27.7 Å². The normalized spacial score (nSPS) is 16.8. The largest absolute Gasteiger partial charge is 0.444 e. The lowest BCUT2D eigenvalue weighted by molar-refractivity contribution is -0.0383. The van der Waals surface area contributed by atoms with Crippen molar-refractivity contribution in [1.82, 2.24) is 10.3 Å². The highest BCUT2D eigenvalue weighted by Crippen LogP contribution is 2.38. The number of carbonyl (C=O) groups is 2. The van der Waals surface area contributed by atoms with Crippen molar-refractivity contribution in [3.05, 3.63) is 39.5 Å². The molecule has 2 aromatic rings. The molecule has 214 valence electrons. The van der Waals surface area contributed by atoms with Crippen LogP contribution < -0.4 is 10.6 Å². The van der Waals surface area contributed by atoms with Gasteiger partial charge in [-0.3, -0.25) is 0 Å². The van der Waals surface area contributed by atoms with Crippen LogP contribution >= 0.6 is 11.3 Å². The number of alkyl carbamates (subject to hydrolysis) is 1. The number of benzene rings is 1. The average molecular weight is 578 g/mol. The minimum absolute atomic E-state index is 0.0408. The molecule has 1 aromatic heterocycles. The summed E-state index contributed by atoms with van der Waals surface area (Å²) >= 11 is 1.03. The van der Waals surface area contributed by atoms with Gasteiger partial charge in [-0.05, 0) is 99.1 Å². The minimum atomic E-state index is -1.95. The summed E-state index contributed by atoms with van der Waals surface area (Å²) in [4.78, 5) is 28.6. The number of fused-ring (bicyclic) bond motifs is 2. The van der Waals surface area contributed by atoms with Crippen LogP contribution in [-0.2, 0) is 55.6 Å². The van der Waals surface area contributed by atoms with E-state index in [0.717, 1.165) is 55.5 Å². The molecule has 3 amide bonds. The highest BCUT2D eigenvalue weighted by atomic mass is 32.2. The number of hydrogen-bond acceptors (Lipinski definition) is 9. The molecule has 1 aromatic carbocycles. The number of rotatable bonds is 9. The molecule has 0 saturated heterocycles. The van der Waals surface area contributed by atoms with Crippen LogP contribution in [0.25, 0.3) is 0 Å². The molecule has 0 bridgehead atoms. The number of nitrogens with one attached hydrogen (secondary N) is 2. The number of anilines is 1. The van der Waals surface area contributed by atoms with E-state index in [2.05, 4.69) is 26.0 Å². The van der Waals surface area contributed by atoms with Crippen LogP contribution in [0.15, 0.2) is 20.8 Å². The Morgan fingerprint density at radius 1 is 1.13 bits per heavy atom. The van der Waals surface area contributed by atoms with Gasteiger partial charge >= 0.3 is 12.1 Å². The van der Waals surface area contributed by atoms with Gasteiger partial charge in [-0.15, -0.1) is 21.9 Å². The summed E-state index contributed by atoms with van der Waals surface area (Å²) in [5.41, 5.74) is 3.83. The Balaban J connectivity index is 1.29. The second-order valence-electron chi connectivity index (χ2n) is 11.1. The molecule has 1 atom stereocenters. The van der Waals surface area contributed by atoms with E-state index >= 15 is 0 Å². The molecule has 4 rings (SSSR count). The average Bonchev–Trinajstić information content (AvgIpc) is 3.60. The van der Waals surface area contributed by atoms with Gasteiger partial charge in [0.15, 0.2) is 0 Å². The van der Waals surface area contributed by atoms with Crippen molar-refractivity contribution in [1.29, 1.82) is 0 Å². The Morgan fingerprint density at radius 3 is 2.44 bits per heavy atom. The molecular weight excluding hydrogens is 540 g/mol. The predicted octanol–water partition coefficient (Wildman–Crippen LogP) is 5.00. The highest BCUT2D eigenvalue weighted by Gasteiger charge is 2.27. The molecule has 12 heteroatoms. The van der Waals surface area contributed by atoms with E-state index in [9.17, 15) is 18.9 Å². The Morgan fingerprint density at radius 2 is 1.79 bits per heavy atom. The number of aliphatic hydroxyl groups is 1. The first-order chi connectivity index (χ1) is 18.4. The number of amides is 3. The predicted molar refractivity (Wildman–Crippen MR) is 150 cm³/mol. The molecule has 10 nitrogen and oxygen atoms in total. The van der Waals surface area contributed by atoms with Crippen LogP contribution in [0.5, 0.6) is 0 Å². The molecule has 3 N–H and O–H groups in total. The zero-order valence-electron chi connectivity index (χ0n) is 22.9. The van der Waals surface area contributed by atoms with Gasteiger partial charge in [0.2, 0.25) is 0 Å². The summed E-state index contributed by atoms with van der Waals surface area (Å²) in [6.45, 7) is 7.56. The lowest BCUT2D eigenvalue weighted by Crippen LogP contribution is -2.33. The van der Waals surface area contributed by atoms with E-state index in [-0.39, 0.29) is 10.8 Å². The van der Waals surface area contributed by atoms with Crippen molar-refractivity contribution >= 4 is 39.7 Å². The van der Waals surface area contributed by atoms with Crippen molar-refractivity contribution in [3.8, 4) is 0 Å². The topological polar surface area (TPSA) is 139 Å². The summed E-state index contributed by atoms with van der Waals surface area (Å²) in [5.74, 6) is 0. The van der Waals surface area contributed by atoms with Gasteiger partial charge < -0.3 is 33.8 Å². The molecule has 0 fully saturated rings. The monoisotopic (exact) mass is 577 g/mol. The number of aromatic nitrogens is 1. The standard InChI is InChI=1S/C27H37N4O6S2/c1-26(2,3)37-25(33)28-12-7-13-36-16-27(4,34)23-29-15-21(38-23)39(35)31-24(32)30-22-19-10-5-8-17(19)14-18-9-6-11-20(18)22/h14-15,34H,5-13,16H2,1-4H3,(H,28,33)(H,30,32)/q-1.